The van der Waals surface area contributed by atoms with Gasteiger partial charge in [0.05, 0.1) is 24.1 Å². The summed E-state index contributed by atoms with van der Waals surface area (Å²) in [6.07, 6.45) is 1.16. The summed E-state index contributed by atoms with van der Waals surface area (Å²) < 4.78 is 32.3. The van der Waals surface area contributed by atoms with Gasteiger partial charge in [0.15, 0.2) is 0 Å². The number of furan rings is 1. The van der Waals surface area contributed by atoms with Crippen LogP contribution in [0.4, 0.5) is 0 Å². The van der Waals surface area contributed by atoms with E-state index in [1.54, 1.807) is 24.3 Å². The molecule has 0 saturated heterocycles. The normalized spacial score (nSPS) is 11.7. The van der Waals surface area contributed by atoms with Crippen LogP contribution in [0.3, 0.4) is 0 Å². The van der Waals surface area contributed by atoms with Gasteiger partial charge in [-0.15, -0.1) is 0 Å². The number of hydrogen-bond donors (Lipinski definition) is 1. The molecule has 118 valence electrons. The fraction of sp³-hybridized carbons (Fsp3) is 0.214. The Balaban J connectivity index is 2.29. The van der Waals surface area contributed by atoms with Crippen LogP contribution in [0.5, 0.6) is 0 Å². The second-order valence-electron chi connectivity index (χ2n) is 4.52. The van der Waals surface area contributed by atoms with Gasteiger partial charge >= 0.3 is 5.97 Å². The van der Waals surface area contributed by atoms with Crippen molar-refractivity contribution in [1.29, 1.82) is 0 Å². The Morgan fingerprint density at radius 3 is 2.45 bits per heavy atom. The van der Waals surface area contributed by atoms with Crippen LogP contribution in [0.1, 0.15) is 12.2 Å². The van der Waals surface area contributed by atoms with E-state index in [-0.39, 0.29) is 24.4 Å². The highest BCUT2D eigenvalue weighted by Gasteiger charge is 2.26. The van der Waals surface area contributed by atoms with Crippen molar-refractivity contribution in [3.63, 3.8) is 0 Å². The SMILES string of the molecule is O=C(O)CCN(Cc1ccco1)S(=O)(=O)c1ccc(Br)cc1. The molecular weight excluding hydrogens is 374 g/mol. The van der Waals surface area contributed by atoms with Crippen LogP contribution in [0.2, 0.25) is 0 Å². The lowest BCUT2D eigenvalue weighted by Gasteiger charge is -2.20. The molecule has 1 aromatic carbocycles. The van der Waals surface area contributed by atoms with Gasteiger partial charge in [0.1, 0.15) is 5.76 Å². The maximum absolute atomic E-state index is 12.7. The minimum Gasteiger partial charge on any atom is -0.481 e. The number of carboxylic acid groups (broad SMARTS) is 1. The van der Waals surface area contributed by atoms with E-state index in [0.717, 1.165) is 8.78 Å². The van der Waals surface area contributed by atoms with Gasteiger partial charge in [-0.05, 0) is 36.4 Å². The van der Waals surface area contributed by atoms with Crippen LogP contribution in [-0.2, 0) is 21.4 Å². The fourth-order valence-corrected chi connectivity index (χ4v) is 3.51. The zero-order chi connectivity index (χ0) is 16.2. The Morgan fingerprint density at radius 1 is 1.23 bits per heavy atom. The zero-order valence-corrected chi connectivity index (χ0v) is 13.9. The monoisotopic (exact) mass is 387 g/mol. The molecule has 8 heteroatoms. The van der Waals surface area contributed by atoms with Crippen molar-refractivity contribution in [2.75, 3.05) is 6.54 Å². The summed E-state index contributed by atoms with van der Waals surface area (Å²) in [5.41, 5.74) is 0. The summed E-state index contributed by atoms with van der Waals surface area (Å²) in [4.78, 5) is 10.9. The van der Waals surface area contributed by atoms with Crippen LogP contribution in [0.25, 0.3) is 0 Å². The Morgan fingerprint density at radius 2 is 1.91 bits per heavy atom. The van der Waals surface area contributed by atoms with Crippen LogP contribution in [0, 0.1) is 0 Å². The van der Waals surface area contributed by atoms with E-state index in [1.165, 1.54) is 18.4 Å². The van der Waals surface area contributed by atoms with E-state index in [2.05, 4.69) is 15.9 Å². The second kappa shape index (κ2) is 7.08. The number of nitrogens with zero attached hydrogens (tertiary/aromatic N) is 1. The number of halogens is 1. The van der Waals surface area contributed by atoms with Crippen molar-refractivity contribution in [2.24, 2.45) is 0 Å². The van der Waals surface area contributed by atoms with E-state index >= 15 is 0 Å². The van der Waals surface area contributed by atoms with Crippen molar-refractivity contribution in [3.05, 3.63) is 52.9 Å². The molecule has 1 N–H and O–H groups in total. The van der Waals surface area contributed by atoms with E-state index in [4.69, 9.17) is 9.52 Å². The maximum Gasteiger partial charge on any atom is 0.304 e. The lowest BCUT2D eigenvalue weighted by molar-refractivity contribution is -0.137. The van der Waals surface area contributed by atoms with Gasteiger partial charge in [0, 0.05) is 11.0 Å². The van der Waals surface area contributed by atoms with Crippen LogP contribution >= 0.6 is 15.9 Å². The molecule has 2 rings (SSSR count). The second-order valence-corrected chi connectivity index (χ2v) is 7.37. The topological polar surface area (TPSA) is 87.8 Å². The number of hydrogen-bond acceptors (Lipinski definition) is 4. The molecule has 0 unspecified atom stereocenters. The summed E-state index contributed by atoms with van der Waals surface area (Å²) in [5, 5.41) is 8.81. The van der Waals surface area contributed by atoms with Gasteiger partial charge in [-0.2, -0.15) is 4.31 Å². The highest BCUT2D eigenvalue weighted by molar-refractivity contribution is 9.10. The lowest BCUT2D eigenvalue weighted by Crippen LogP contribution is -2.32. The molecule has 2 aromatic rings. The minimum absolute atomic E-state index is 0.0152. The number of aliphatic carboxylic acids is 1. The maximum atomic E-state index is 12.7. The third kappa shape index (κ3) is 4.19. The summed E-state index contributed by atoms with van der Waals surface area (Å²) >= 11 is 3.25. The molecule has 0 aliphatic carbocycles. The average molecular weight is 388 g/mol. The highest BCUT2D eigenvalue weighted by Crippen LogP contribution is 2.21. The number of benzene rings is 1. The summed E-state index contributed by atoms with van der Waals surface area (Å²) in [7, 11) is -3.80. The first-order chi connectivity index (χ1) is 10.4. The van der Waals surface area contributed by atoms with Crippen molar-refractivity contribution in [1.82, 2.24) is 4.31 Å². The minimum atomic E-state index is -3.80. The smallest absolute Gasteiger partial charge is 0.304 e. The molecule has 0 radical (unpaired) electrons. The van der Waals surface area contributed by atoms with Crippen LogP contribution in [0.15, 0.2) is 56.4 Å². The molecule has 0 bridgehead atoms. The van der Waals surface area contributed by atoms with Crippen LogP contribution < -0.4 is 0 Å². The molecule has 0 amide bonds. The summed E-state index contributed by atoms with van der Waals surface area (Å²) in [6, 6.07) is 9.47. The number of carbonyl (C=O) groups is 1. The summed E-state index contributed by atoms with van der Waals surface area (Å²) in [6.45, 7) is -0.146. The number of sulfonamides is 1. The third-order valence-corrected chi connectivity index (χ3v) is 5.33. The molecule has 1 heterocycles. The molecule has 0 aliphatic rings. The highest BCUT2D eigenvalue weighted by atomic mass is 79.9. The summed E-state index contributed by atoms with van der Waals surface area (Å²) in [5.74, 6) is -0.610. The molecule has 0 saturated carbocycles. The Hall–Kier alpha value is -1.64. The van der Waals surface area contributed by atoms with E-state index in [0.29, 0.717) is 5.76 Å². The lowest BCUT2D eigenvalue weighted by atomic mass is 10.4. The fourth-order valence-electron chi connectivity index (χ4n) is 1.84. The molecule has 0 aliphatic heterocycles. The van der Waals surface area contributed by atoms with E-state index in [1.807, 2.05) is 0 Å². The van der Waals surface area contributed by atoms with Gasteiger partial charge < -0.3 is 9.52 Å². The van der Waals surface area contributed by atoms with Crippen molar-refractivity contribution < 1.29 is 22.7 Å². The Bertz CT molecular complexity index is 725. The van der Waals surface area contributed by atoms with Crippen molar-refractivity contribution in [2.45, 2.75) is 17.9 Å². The molecule has 1 aromatic heterocycles. The number of carboxylic acids is 1. The van der Waals surface area contributed by atoms with Crippen LogP contribution in [-0.4, -0.2) is 30.3 Å². The largest absolute Gasteiger partial charge is 0.481 e. The van der Waals surface area contributed by atoms with E-state index < -0.39 is 16.0 Å². The quantitative estimate of drug-likeness (QED) is 0.788. The molecule has 0 fully saturated rings. The van der Waals surface area contributed by atoms with Gasteiger partial charge in [0.2, 0.25) is 10.0 Å². The molecule has 6 nitrogen and oxygen atoms in total. The predicted octanol–water partition coefficient (Wildman–Crippen LogP) is 2.71. The zero-order valence-electron chi connectivity index (χ0n) is 11.5. The Kier molecular flexibility index (Phi) is 5.38. The average Bonchev–Trinajstić information content (AvgIpc) is 2.96. The number of rotatable bonds is 7. The van der Waals surface area contributed by atoms with E-state index in [9.17, 15) is 13.2 Å². The van der Waals surface area contributed by atoms with Gasteiger partial charge in [-0.25, -0.2) is 8.42 Å². The molecule has 0 atom stereocenters. The van der Waals surface area contributed by atoms with Gasteiger partial charge in [0.25, 0.3) is 0 Å². The standard InChI is InChI=1S/C14H14BrNO5S/c15-11-3-5-13(6-4-11)22(19,20)16(8-7-14(17)18)10-12-2-1-9-21-12/h1-6,9H,7-8,10H2,(H,17,18). The first-order valence-electron chi connectivity index (χ1n) is 6.39. The molecule has 22 heavy (non-hydrogen) atoms. The molecular formula is C14H14BrNO5S. The Labute approximate surface area is 136 Å². The van der Waals surface area contributed by atoms with Crippen molar-refractivity contribution >= 4 is 31.9 Å². The first kappa shape index (κ1) is 16.7. The van der Waals surface area contributed by atoms with Crippen molar-refractivity contribution in [3.8, 4) is 0 Å². The third-order valence-electron chi connectivity index (χ3n) is 2.94. The van der Waals surface area contributed by atoms with Gasteiger partial charge in [-0.3, -0.25) is 4.79 Å². The van der Waals surface area contributed by atoms with Gasteiger partial charge in [-0.1, -0.05) is 15.9 Å². The molecule has 0 spiro atoms. The first-order valence-corrected chi connectivity index (χ1v) is 8.63. The predicted molar refractivity (Wildman–Crippen MR) is 82.7 cm³/mol.